The lowest BCUT2D eigenvalue weighted by atomic mass is 9.44. The molecular formula is C44H55NO14. The molecule has 3 fully saturated rings. The van der Waals surface area contributed by atoms with Gasteiger partial charge in [-0.05, 0) is 70.4 Å². The molecule has 1 aliphatic heterocycles. The summed E-state index contributed by atoms with van der Waals surface area (Å²) in [6.45, 7) is 13.6. The summed E-state index contributed by atoms with van der Waals surface area (Å²) in [5.74, 6) is -5.36. The number of carbonyl (C=O) groups is 5. The van der Waals surface area contributed by atoms with Gasteiger partial charge in [-0.15, -0.1) is 0 Å². The number of hydrogen-bond acceptors (Lipinski definition) is 14. The predicted octanol–water partition coefficient (Wildman–Crippen LogP) is 3.57. The Morgan fingerprint density at radius 3 is 2.14 bits per heavy atom. The number of ketones is 1. The first-order valence-electron chi connectivity index (χ1n) is 19.7. The maximum absolute atomic E-state index is 15.0. The Labute approximate surface area is 343 Å². The summed E-state index contributed by atoms with van der Waals surface area (Å²) in [4.78, 5) is 69.1. The van der Waals surface area contributed by atoms with Gasteiger partial charge >= 0.3 is 24.0 Å². The van der Waals surface area contributed by atoms with Crippen LogP contribution >= 0.6 is 0 Å². The zero-order valence-electron chi connectivity index (χ0n) is 34.8. The molecule has 15 nitrogen and oxygen atoms in total. The van der Waals surface area contributed by atoms with Gasteiger partial charge in [0.15, 0.2) is 17.5 Å². The third kappa shape index (κ3) is 7.45. The van der Waals surface area contributed by atoms with Crippen LogP contribution in [0.15, 0.2) is 65.7 Å². The molecule has 11 atom stereocenters. The molecule has 2 bridgehead atoms. The smallest absolute Gasteiger partial charge is 0.408 e. The lowest BCUT2D eigenvalue weighted by Crippen LogP contribution is -2.81. The molecule has 3 aliphatic carbocycles. The standard InChI is InChI=1S/C44H55NO14/c1-22-15-17-25(18-16-22)31(45-39(53)59-40(4,5)6)33(49)38(52)56-27-20-44(54)36(57-37(51)26-13-11-10-12-14-26)34-42(9,35(50)32(48)30(23(27)2)41(44,7)8)28(47)19-29-43(34,21-55-29)58-24(3)46/h10-18,27-29,31-34,36,47-49,54H,19-21H2,1-9H3,(H,45,53)/t27-,28-,29+,31-,32+,33+,34-,36-,42+,43-,44+/m0/s1. The van der Waals surface area contributed by atoms with Gasteiger partial charge in [0.05, 0.1) is 35.6 Å². The second-order valence-electron chi connectivity index (χ2n) is 18.1. The van der Waals surface area contributed by atoms with Gasteiger partial charge in [0.1, 0.15) is 35.6 Å². The number of benzene rings is 2. The summed E-state index contributed by atoms with van der Waals surface area (Å²) in [5, 5.41) is 51.7. The molecule has 2 saturated carbocycles. The van der Waals surface area contributed by atoms with Crippen molar-refractivity contribution in [2.24, 2.45) is 16.7 Å². The predicted molar refractivity (Wildman–Crippen MR) is 208 cm³/mol. The van der Waals surface area contributed by atoms with Crippen molar-refractivity contribution in [1.29, 1.82) is 0 Å². The molecule has 59 heavy (non-hydrogen) atoms. The largest absolute Gasteiger partial charge is 0.456 e. The minimum Gasteiger partial charge on any atom is -0.456 e. The number of amides is 1. The van der Waals surface area contributed by atoms with E-state index in [-0.39, 0.29) is 29.7 Å². The molecule has 0 unspecified atom stereocenters. The molecule has 5 N–H and O–H groups in total. The van der Waals surface area contributed by atoms with Crippen molar-refractivity contribution in [3.8, 4) is 0 Å². The number of nitrogens with one attached hydrogen (secondary N) is 1. The van der Waals surface area contributed by atoms with Crippen LogP contribution < -0.4 is 5.32 Å². The fourth-order valence-corrected chi connectivity index (χ4v) is 9.67. The molecular weight excluding hydrogens is 766 g/mol. The number of alkyl carbamates (subject to hydrolysis) is 1. The quantitative estimate of drug-likeness (QED) is 0.146. The van der Waals surface area contributed by atoms with Gasteiger partial charge < -0.3 is 49.4 Å². The van der Waals surface area contributed by atoms with Crippen LogP contribution in [0.3, 0.4) is 0 Å². The first-order chi connectivity index (χ1) is 27.4. The Hall–Kier alpha value is -4.67. The summed E-state index contributed by atoms with van der Waals surface area (Å²) in [5.41, 5.74) is -7.27. The molecule has 0 spiro atoms. The van der Waals surface area contributed by atoms with Crippen LogP contribution in [-0.2, 0) is 38.1 Å². The van der Waals surface area contributed by atoms with Gasteiger partial charge in [-0.3, -0.25) is 9.59 Å². The first-order valence-corrected chi connectivity index (χ1v) is 19.7. The summed E-state index contributed by atoms with van der Waals surface area (Å²) < 4.78 is 29.6. The highest BCUT2D eigenvalue weighted by Crippen LogP contribution is 2.64. The van der Waals surface area contributed by atoms with Crippen molar-refractivity contribution >= 4 is 29.8 Å². The molecule has 15 heteroatoms. The van der Waals surface area contributed by atoms with E-state index >= 15 is 0 Å². The van der Waals surface area contributed by atoms with E-state index in [4.69, 9.17) is 23.7 Å². The van der Waals surface area contributed by atoms with Gasteiger partial charge in [-0.2, -0.15) is 0 Å². The number of Topliss-reactive ketones (excluding diaryl/α,β-unsaturated/α-hetero) is 1. The normalized spacial score (nSPS) is 33.3. The highest BCUT2D eigenvalue weighted by molar-refractivity contribution is 5.94. The minimum atomic E-state index is -2.36. The third-order valence-electron chi connectivity index (χ3n) is 12.8. The zero-order valence-corrected chi connectivity index (χ0v) is 34.8. The number of ether oxygens (including phenoxy) is 5. The SMILES string of the molecule is CC(=O)O[C@@]12CO[C@@H]1C[C@H](O)[C@@]1(C)C(=O)[C@H](O)C3=C(C)[C@@H](OC(=O)[C@H](O)[C@@H](NC(=O)OC(C)(C)C)c4ccc(C)cc4)C[C@@](O)([C@@H](OC(=O)c4ccccc4)[C@H]21)C3(C)C. The third-order valence-corrected chi connectivity index (χ3v) is 12.8. The number of aryl methyl sites for hydroxylation is 1. The van der Waals surface area contributed by atoms with Gasteiger partial charge in [0.2, 0.25) is 0 Å². The van der Waals surface area contributed by atoms with Crippen molar-refractivity contribution < 1.29 is 68.1 Å². The van der Waals surface area contributed by atoms with Gasteiger partial charge in [0.25, 0.3) is 0 Å². The Balaban J connectivity index is 1.49. The molecule has 2 aromatic rings. The molecule has 2 aromatic carbocycles. The Morgan fingerprint density at radius 1 is 0.949 bits per heavy atom. The van der Waals surface area contributed by atoms with Crippen LogP contribution in [0.4, 0.5) is 4.79 Å². The Kier molecular flexibility index (Phi) is 11.5. The second-order valence-corrected chi connectivity index (χ2v) is 18.1. The summed E-state index contributed by atoms with van der Waals surface area (Å²) in [6, 6.07) is 13.2. The Morgan fingerprint density at radius 2 is 1.58 bits per heavy atom. The van der Waals surface area contributed by atoms with Crippen LogP contribution in [0.2, 0.25) is 0 Å². The summed E-state index contributed by atoms with van der Waals surface area (Å²) in [7, 11) is 0. The highest BCUT2D eigenvalue weighted by atomic mass is 16.6. The summed E-state index contributed by atoms with van der Waals surface area (Å²) >= 11 is 0. The number of hydrogen-bond donors (Lipinski definition) is 5. The van der Waals surface area contributed by atoms with Gasteiger partial charge in [0, 0.05) is 25.2 Å². The monoisotopic (exact) mass is 821 g/mol. The van der Waals surface area contributed by atoms with E-state index in [9.17, 15) is 44.4 Å². The fraction of sp³-hybridized carbons (Fsp3) is 0.568. The number of rotatable bonds is 8. The van der Waals surface area contributed by atoms with Crippen molar-refractivity contribution in [3.63, 3.8) is 0 Å². The maximum Gasteiger partial charge on any atom is 0.408 e. The van der Waals surface area contributed by atoms with Crippen LogP contribution in [0.5, 0.6) is 0 Å². The number of fused-ring (bicyclic) bond motifs is 5. The molecule has 320 valence electrons. The van der Waals surface area contributed by atoms with Crippen LogP contribution in [0, 0.1) is 23.7 Å². The topological polar surface area (TPSA) is 224 Å². The zero-order chi connectivity index (χ0) is 43.6. The lowest BCUT2D eigenvalue weighted by Gasteiger charge is -2.67. The van der Waals surface area contributed by atoms with Crippen LogP contribution in [0.25, 0.3) is 0 Å². The van der Waals surface area contributed by atoms with Gasteiger partial charge in [-0.1, -0.05) is 61.9 Å². The average molecular weight is 822 g/mol. The molecule has 1 heterocycles. The van der Waals surface area contributed by atoms with E-state index in [0.29, 0.717) is 5.56 Å². The van der Waals surface area contributed by atoms with Gasteiger partial charge in [-0.25, -0.2) is 14.4 Å². The number of carbonyl (C=O) groups excluding carboxylic acids is 5. The van der Waals surface area contributed by atoms with E-state index in [1.165, 1.54) is 26.0 Å². The van der Waals surface area contributed by atoms with E-state index in [1.54, 1.807) is 77.1 Å². The number of esters is 3. The minimum absolute atomic E-state index is 0.0633. The molecule has 6 rings (SSSR count). The van der Waals surface area contributed by atoms with Crippen molar-refractivity contribution in [1.82, 2.24) is 5.32 Å². The second kappa shape index (κ2) is 15.4. The van der Waals surface area contributed by atoms with Crippen LogP contribution in [0.1, 0.15) is 95.8 Å². The fourth-order valence-electron chi connectivity index (χ4n) is 9.67. The van der Waals surface area contributed by atoms with E-state index in [2.05, 4.69) is 5.32 Å². The molecule has 0 aromatic heterocycles. The molecule has 1 amide bonds. The van der Waals surface area contributed by atoms with E-state index in [1.807, 2.05) is 6.92 Å². The average Bonchev–Trinajstić information content (AvgIpc) is 3.15. The first kappa shape index (κ1) is 43.9. The molecule has 1 saturated heterocycles. The maximum atomic E-state index is 15.0. The van der Waals surface area contributed by atoms with Crippen molar-refractivity contribution in [2.75, 3.05) is 6.61 Å². The number of aliphatic hydroxyl groups excluding tert-OH is 3. The van der Waals surface area contributed by atoms with E-state index < -0.39 is 112 Å². The molecule has 0 radical (unpaired) electrons. The van der Waals surface area contributed by atoms with Crippen molar-refractivity contribution in [3.05, 3.63) is 82.4 Å². The van der Waals surface area contributed by atoms with Crippen LogP contribution in [-0.4, -0.2) is 110 Å². The molecule has 4 aliphatic rings. The lowest BCUT2D eigenvalue weighted by molar-refractivity contribution is -0.346. The Bertz CT molecular complexity index is 2020. The van der Waals surface area contributed by atoms with E-state index in [0.717, 1.165) is 12.5 Å². The number of aliphatic hydroxyl groups is 4. The summed E-state index contributed by atoms with van der Waals surface area (Å²) in [6.07, 6.45) is -11.5. The highest BCUT2D eigenvalue weighted by Gasteiger charge is 2.78. The van der Waals surface area contributed by atoms with Crippen molar-refractivity contribution in [2.45, 2.75) is 135 Å².